The number of phenolic OH excluding ortho intramolecular Hbond substituents is 1. The van der Waals surface area contributed by atoms with Gasteiger partial charge in [0, 0.05) is 0 Å². The standard InChI is InChI=1S/C11H10ClNO4/c12-8-2-1-6(14)5-7(8)9(15)13-11(3-4-11)10(16)17/h1-2,5,14H,3-4H2,(H,13,15)(H,16,17). The zero-order valence-electron chi connectivity index (χ0n) is 8.74. The van der Waals surface area contributed by atoms with E-state index in [9.17, 15) is 14.7 Å². The van der Waals surface area contributed by atoms with E-state index < -0.39 is 17.4 Å². The smallest absolute Gasteiger partial charge is 0.329 e. The number of carbonyl (C=O) groups excluding carboxylic acids is 1. The molecule has 17 heavy (non-hydrogen) atoms. The van der Waals surface area contributed by atoms with Gasteiger partial charge in [-0.2, -0.15) is 0 Å². The van der Waals surface area contributed by atoms with Crippen molar-refractivity contribution in [3.8, 4) is 5.75 Å². The van der Waals surface area contributed by atoms with Gasteiger partial charge in [0.1, 0.15) is 11.3 Å². The van der Waals surface area contributed by atoms with Gasteiger partial charge in [0.05, 0.1) is 10.6 Å². The number of hydrogen-bond donors (Lipinski definition) is 3. The summed E-state index contributed by atoms with van der Waals surface area (Å²) in [5.74, 6) is -1.74. The van der Waals surface area contributed by atoms with Crippen LogP contribution in [-0.4, -0.2) is 27.6 Å². The van der Waals surface area contributed by atoms with Crippen LogP contribution >= 0.6 is 11.6 Å². The fourth-order valence-corrected chi connectivity index (χ4v) is 1.69. The van der Waals surface area contributed by atoms with Crippen molar-refractivity contribution in [2.24, 2.45) is 0 Å². The van der Waals surface area contributed by atoms with Crippen molar-refractivity contribution in [3.05, 3.63) is 28.8 Å². The van der Waals surface area contributed by atoms with E-state index in [-0.39, 0.29) is 16.3 Å². The first-order chi connectivity index (χ1) is 7.94. The number of carboxylic acids is 1. The van der Waals surface area contributed by atoms with Gasteiger partial charge >= 0.3 is 5.97 Å². The van der Waals surface area contributed by atoms with E-state index in [1.807, 2.05) is 0 Å². The molecule has 0 radical (unpaired) electrons. The minimum Gasteiger partial charge on any atom is -0.508 e. The number of nitrogens with one attached hydrogen (secondary N) is 1. The van der Waals surface area contributed by atoms with Crippen molar-refractivity contribution in [1.82, 2.24) is 5.32 Å². The van der Waals surface area contributed by atoms with Crippen LogP contribution in [0.4, 0.5) is 0 Å². The number of halogens is 1. The number of carboxylic acid groups (broad SMARTS) is 1. The Morgan fingerprint density at radius 2 is 2.00 bits per heavy atom. The number of aliphatic carboxylic acids is 1. The molecular weight excluding hydrogens is 246 g/mol. The number of benzene rings is 1. The molecule has 1 aromatic rings. The number of amides is 1. The summed E-state index contributed by atoms with van der Waals surface area (Å²) in [6.45, 7) is 0. The Balaban J connectivity index is 2.21. The predicted octanol–water partition coefficient (Wildman–Crippen LogP) is 1.39. The Hall–Kier alpha value is -1.75. The number of phenols is 1. The SMILES string of the molecule is O=C(NC1(C(=O)O)CC1)c1cc(O)ccc1Cl. The van der Waals surface area contributed by atoms with E-state index in [1.54, 1.807) is 0 Å². The molecule has 90 valence electrons. The minimum atomic E-state index is -1.16. The Morgan fingerprint density at radius 3 is 2.53 bits per heavy atom. The summed E-state index contributed by atoms with van der Waals surface area (Å²) in [5.41, 5.74) is -1.09. The highest BCUT2D eigenvalue weighted by Gasteiger charge is 2.51. The summed E-state index contributed by atoms with van der Waals surface area (Å²) in [6.07, 6.45) is 0.815. The maximum absolute atomic E-state index is 11.8. The molecule has 0 bridgehead atoms. The van der Waals surface area contributed by atoms with Crippen LogP contribution in [0.3, 0.4) is 0 Å². The third kappa shape index (κ3) is 2.19. The molecule has 0 atom stereocenters. The molecule has 5 nitrogen and oxygen atoms in total. The molecule has 1 aromatic carbocycles. The zero-order chi connectivity index (χ0) is 12.6. The third-order valence-corrected chi connectivity index (χ3v) is 3.04. The first-order valence-corrected chi connectivity index (χ1v) is 5.37. The van der Waals surface area contributed by atoms with E-state index in [4.69, 9.17) is 16.7 Å². The second-order valence-electron chi connectivity index (χ2n) is 4.01. The molecule has 1 amide bonds. The normalized spacial score (nSPS) is 16.3. The highest BCUT2D eigenvalue weighted by molar-refractivity contribution is 6.34. The van der Waals surface area contributed by atoms with Crippen molar-refractivity contribution in [3.63, 3.8) is 0 Å². The van der Waals surface area contributed by atoms with E-state index in [0.29, 0.717) is 12.8 Å². The number of rotatable bonds is 3. The van der Waals surface area contributed by atoms with Gasteiger partial charge in [-0.3, -0.25) is 4.79 Å². The van der Waals surface area contributed by atoms with Crippen LogP contribution in [0.5, 0.6) is 5.75 Å². The molecule has 1 aliphatic carbocycles. The molecule has 0 saturated heterocycles. The number of aromatic hydroxyl groups is 1. The van der Waals surface area contributed by atoms with Gasteiger partial charge in [-0.25, -0.2) is 4.79 Å². The van der Waals surface area contributed by atoms with Crippen LogP contribution in [0.15, 0.2) is 18.2 Å². The summed E-state index contributed by atoms with van der Waals surface area (Å²) in [7, 11) is 0. The summed E-state index contributed by atoms with van der Waals surface area (Å²) in [6, 6.07) is 3.94. The maximum Gasteiger partial charge on any atom is 0.329 e. The highest BCUT2D eigenvalue weighted by Crippen LogP contribution is 2.36. The molecule has 6 heteroatoms. The van der Waals surface area contributed by atoms with Crippen molar-refractivity contribution in [1.29, 1.82) is 0 Å². The van der Waals surface area contributed by atoms with Crippen LogP contribution in [0.2, 0.25) is 5.02 Å². The van der Waals surface area contributed by atoms with Gasteiger partial charge in [-0.1, -0.05) is 11.6 Å². The van der Waals surface area contributed by atoms with Gasteiger partial charge in [0.2, 0.25) is 0 Å². The minimum absolute atomic E-state index is 0.0687. The molecule has 0 aliphatic heterocycles. The van der Waals surface area contributed by atoms with Crippen LogP contribution in [-0.2, 0) is 4.79 Å². The average Bonchev–Trinajstić information content (AvgIpc) is 3.02. The Labute approximate surface area is 102 Å². The summed E-state index contributed by atoms with van der Waals surface area (Å²) >= 11 is 5.80. The largest absolute Gasteiger partial charge is 0.508 e. The van der Waals surface area contributed by atoms with Crippen molar-refractivity contribution in [2.75, 3.05) is 0 Å². The van der Waals surface area contributed by atoms with Gasteiger partial charge in [0.25, 0.3) is 5.91 Å². The Bertz CT molecular complexity index is 496. The van der Waals surface area contributed by atoms with Gasteiger partial charge in [-0.05, 0) is 31.0 Å². The number of hydrogen-bond acceptors (Lipinski definition) is 3. The molecule has 0 spiro atoms. The average molecular weight is 256 g/mol. The predicted molar refractivity (Wildman–Crippen MR) is 60.2 cm³/mol. The third-order valence-electron chi connectivity index (χ3n) is 2.71. The van der Waals surface area contributed by atoms with Crippen LogP contribution in [0, 0.1) is 0 Å². The van der Waals surface area contributed by atoms with Crippen molar-refractivity contribution >= 4 is 23.5 Å². The molecule has 2 rings (SSSR count). The summed E-state index contributed by atoms with van der Waals surface area (Å²) in [5, 5.41) is 20.8. The van der Waals surface area contributed by atoms with Crippen LogP contribution in [0.1, 0.15) is 23.2 Å². The fraction of sp³-hybridized carbons (Fsp3) is 0.273. The second kappa shape index (κ2) is 3.92. The lowest BCUT2D eigenvalue weighted by Gasteiger charge is -2.13. The second-order valence-corrected chi connectivity index (χ2v) is 4.41. The molecule has 3 N–H and O–H groups in total. The molecule has 1 saturated carbocycles. The maximum atomic E-state index is 11.8. The lowest BCUT2D eigenvalue weighted by Crippen LogP contribution is -2.43. The highest BCUT2D eigenvalue weighted by atomic mass is 35.5. The molecule has 1 aliphatic rings. The van der Waals surface area contributed by atoms with Crippen molar-refractivity contribution < 1.29 is 19.8 Å². The quantitative estimate of drug-likeness (QED) is 0.762. The lowest BCUT2D eigenvalue weighted by atomic mass is 10.1. The van der Waals surface area contributed by atoms with E-state index in [2.05, 4.69) is 5.32 Å². The van der Waals surface area contributed by atoms with Crippen molar-refractivity contribution in [2.45, 2.75) is 18.4 Å². The molecule has 0 unspecified atom stereocenters. The lowest BCUT2D eigenvalue weighted by molar-refractivity contribution is -0.140. The van der Waals surface area contributed by atoms with Gasteiger partial charge in [0.15, 0.2) is 0 Å². The molecular formula is C11H10ClNO4. The van der Waals surface area contributed by atoms with Gasteiger partial charge in [-0.15, -0.1) is 0 Å². The first-order valence-electron chi connectivity index (χ1n) is 4.99. The summed E-state index contributed by atoms with van der Waals surface area (Å²) in [4.78, 5) is 22.7. The number of carbonyl (C=O) groups is 2. The van der Waals surface area contributed by atoms with Crippen LogP contribution in [0.25, 0.3) is 0 Å². The topological polar surface area (TPSA) is 86.6 Å². The summed E-state index contributed by atoms with van der Waals surface area (Å²) < 4.78 is 0. The molecule has 1 fully saturated rings. The monoisotopic (exact) mass is 255 g/mol. The Kier molecular flexibility index (Phi) is 2.71. The molecule has 0 aromatic heterocycles. The molecule has 0 heterocycles. The fourth-order valence-electron chi connectivity index (χ4n) is 1.49. The Morgan fingerprint density at radius 1 is 1.35 bits per heavy atom. The van der Waals surface area contributed by atoms with E-state index >= 15 is 0 Å². The van der Waals surface area contributed by atoms with E-state index in [1.165, 1.54) is 18.2 Å². The van der Waals surface area contributed by atoms with Crippen LogP contribution < -0.4 is 5.32 Å². The van der Waals surface area contributed by atoms with E-state index in [0.717, 1.165) is 0 Å². The zero-order valence-corrected chi connectivity index (χ0v) is 9.49. The van der Waals surface area contributed by atoms with Gasteiger partial charge < -0.3 is 15.5 Å². The first kappa shape index (κ1) is 11.7.